The van der Waals surface area contributed by atoms with E-state index in [1.54, 1.807) is 0 Å². The number of hydrogen-bond donors (Lipinski definition) is 1. The summed E-state index contributed by atoms with van der Waals surface area (Å²) in [6.45, 7) is 5.61. The Hall–Kier alpha value is -1.67. The third kappa shape index (κ3) is 2.85. The predicted octanol–water partition coefficient (Wildman–Crippen LogP) is 4.28. The second kappa shape index (κ2) is 5.54. The fraction of sp³-hybridized carbons (Fsp3) is 0.294. The number of aliphatic hydroxyl groups excluding tert-OH is 1. The van der Waals surface area contributed by atoms with Crippen molar-refractivity contribution in [3.63, 3.8) is 0 Å². The third-order valence-corrected chi connectivity index (χ3v) is 3.58. The summed E-state index contributed by atoms with van der Waals surface area (Å²) in [5, 5.41) is 10.5. The molecule has 19 heavy (non-hydrogen) atoms. The molecule has 0 aliphatic rings. The molecule has 0 fully saturated rings. The first kappa shape index (κ1) is 13.8. The zero-order valence-corrected chi connectivity index (χ0v) is 11.5. The molecule has 0 spiro atoms. The van der Waals surface area contributed by atoms with Crippen molar-refractivity contribution >= 4 is 0 Å². The molecule has 2 atom stereocenters. The molecule has 0 heterocycles. The Kier molecular flexibility index (Phi) is 4.01. The first-order chi connectivity index (χ1) is 9.00. The van der Waals surface area contributed by atoms with Gasteiger partial charge in [0, 0.05) is 11.5 Å². The summed E-state index contributed by atoms with van der Waals surface area (Å²) >= 11 is 0. The van der Waals surface area contributed by atoms with E-state index >= 15 is 0 Å². The molecule has 100 valence electrons. The maximum absolute atomic E-state index is 14.1. The van der Waals surface area contributed by atoms with Gasteiger partial charge in [-0.25, -0.2) is 4.39 Å². The molecular weight excluding hydrogens is 239 g/mol. The van der Waals surface area contributed by atoms with Crippen LogP contribution in [0.2, 0.25) is 0 Å². The smallest absolute Gasteiger partial charge is 0.129 e. The molecule has 0 aliphatic heterocycles. The van der Waals surface area contributed by atoms with Crippen molar-refractivity contribution < 1.29 is 9.50 Å². The van der Waals surface area contributed by atoms with Crippen LogP contribution in [0.15, 0.2) is 42.5 Å². The van der Waals surface area contributed by atoms with Gasteiger partial charge in [0.2, 0.25) is 0 Å². The average molecular weight is 258 g/mol. The van der Waals surface area contributed by atoms with Gasteiger partial charge in [0.1, 0.15) is 5.82 Å². The minimum atomic E-state index is -0.831. The van der Waals surface area contributed by atoms with Crippen molar-refractivity contribution in [1.29, 1.82) is 0 Å². The summed E-state index contributed by atoms with van der Waals surface area (Å²) in [6.07, 6.45) is -0.831. The first-order valence-electron chi connectivity index (χ1n) is 6.50. The van der Waals surface area contributed by atoms with Crippen LogP contribution in [0.1, 0.15) is 41.2 Å². The fourth-order valence-corrected chi connectivity index (χ4v) is 2.49. The number of rotatable bonds is 3. The largest absolute Gasteiger partial charge is 0.388 e. The lowest BCUT2D eigenvalue weighted by Crippen LogP contribution is -2.11. The van der Waals surface area contributed by atoms with Gasteiger partial charge in [0.25, 0.3) is 0 Å². The number of halogens is 1. The maximum Gasteiger partial charge on any atom is 0.129 e. The van der Waals surface area contributed by atoms with E-state index in [2.05, 4.69) is 0 Å². The monoisotopic (exact) mass is 258 g/mol. The molecule has 0 aromatic heterocycles. The van der Waals surface area contributed by atoms with Crippen LogP contribution in [0.25, 0.3) is 0 Å². The van der Waals surface area contributed by atoms with E-state index in [1.807, 2.05) is 57.2 Å². The number of aliphatic hydroxyl groups is 1. The van der Waals surface area contributed by atoms with Crippen LogP contribution >= 0.6 is 0 Å². The summed E-state index contributed by atoms with van der Waals surface area (Å²) < 4.78 is 14.1. The van der Waals surface area contributed by atoms with Gasteiger partial charge in [-0.3, -0.25) is 0 Å². The van der Waals surface area contributed by atoms with E-state index in [4.69, 9.17) is 0 Å². The lowest BCUT2D eigenvalue weighted by Gasteiger charge is -2.22. The topological polar surface area (TPSA) is 20.2 Å². The SMILES string of the molecule is Cc1cc(C)c(C(O)C(C)c2ccccc2)c(F)c1. The molecule has 0 bridgehead atoms. The van der Waals surface area contributed by atoms with Crippen molar-refractivity contribution in [3.05, 3.63) is 70.5 Å². The number of aryl methyl sites for hydroxylation is 2. The Balaban J connectivity index is 2.37. The molecule has 0 aliphatic carbocycles. The Labute approximate surface area is 113 Å². The van der Waals surface area contributed by atoms with E-state index in [-0.39, 0.29) is 11.7 Å². The van der Waals surface area contributed by atoms with Crippen molar-refractivity contribution in [3.8, 4) is 0 Å². The second-order valence-electron chi connectivity index (χ2n) is 5.12. The highest BCUT2D eigenvalue weighted by Crippen LogP contribution is 2.33. The van der Waals surface area contributed by atoms with E-state index in [1.165, 1.54) is 6.07 Å². The minimum Gasteiger partial charge on any atom is -0.388 e. The quantitative estimate of drug-likeness (QED) is 0.871. The van der Waals surface area contributed by atoms with E-state index in [9.17, 15) is 9.50 Å². The molecule has 0 saturated heterocycles. The van der Waals surface area contributed by atoms with Crippen molar-refractivity contribution in [2.24, 2.45) is 0 Å². The van der Waals surface area contributed by atoms with Crippen molar-refractivity contribution in [2.75, 3.05) is 0 Å². The lowest BCUT2D eigenvalue weighted by molar-refractivity contribution is 0.146. The van der Waals surface area contributed by atoms with Crippen LogP contribution in [0.3, 0.4) is 0 Å². The summed E-state index contributed by atoms with van der Waals surface area (Å²) in [7, 11) is 0. The van der Waals surface area contributed by atoms with Crippen molar-refractivity contribution in [2.45, 2.75) is 32.8 Å². The fourth-order valence-electron chi connectivity index (χ4n) is 2.49. The highest BCUT2D eigenvalue weighted by atomic mass is 19.1. The highest BCUT2D eigenvalue weighted by molar-refractivity contribution is 5.36. The lowest BCUT2D eigenvalue weighted by atomic mass is 9.88. The normalized spacial score (nSPS) is 14.2. The van der Waals surface area contributed by atoms with Gasteiger partial charge in [-0.2, -0.15) is 0 Å². The maximum atomic E-state index is 14.1. The van der Waals surface area contributed by atoms with Gasteiger partial charge in [-0.05, 0) is 36.6 Å². The molecule has 0 saturated carbocycles. The molecule has 2 rings (SSSR count). The molecule has 1 nitrogen and oxygen atoms in total. The first-order valence-corrected chi connectivity index (χ1v) is 6.50. The molecule has 1 N–H and O–H groups in total. The van der Waals surface area contributed by atoms with Crippen LogP contribution in [-0.2, 0) is 0 Å². The van der Waals surface area contributed by atoms with Crippen LogP contribution in [0.4, 0.5) is 4.39 Å². The molecule has 2 unspecified atom stereocenters. The average Bonchev–Trinajstić information content (AvgIpc) is 2.37. The molecule has 0 amide bonds. The minimum absolute atomic E-state index is 0.142. The number of hydrogen-bond acceptors (Lipinski definition) is 1. The van der Waals surface area contributed by atoms with Gasteiger partial charge in [0.05, 0.1) is 6.10 Å². The number of benzene rings is 2. The second-order valence-corrected chi connectivity index (χ2v) is 5.12. The zero-order chi connectivity index (χ0) is 14.0. The van der Waals surface area contributed by atoms with Crippen molar-refractivity contribution in [1.82, 2.24) is 0 Å². The molecule has 2 aromatic carbocycles. The van der Waals surface area contributed by atoms with Crippen LogP contribution in [0.5, 0.6) is 0 Å². The van der Waals surface area contributed by atoms with Gasteiger partial charge in [-0.1, -0.05) is 43.3 Å². The van der Waals surface area contributed by atoms with Crippen LogP contribution in [0, 0.1) is 19.7 Å². The highest BCUT2D eigenvalue weighted by Gasteiger charge is 2.23. The standard InChI is InChI=1S/C17H19FO/c1-11-9-12(2)16(15(18)10-11)17(19)13(3)14-7-5-4-6-8-14/h4-10,13,17,19H,1-3H3. The van der Waals surface area contributed by atoms with E-state index in [0.717, 1.165) is 16.7 Å². The Morgan fingerprint density at radius 2 is 1.68 bits per heavy atom. The summed E-state index contributed by atoms with van der Waals surface area (Å²) in [5.74, 6) is -0.468. The van der Waals surface area contributed by atoms with Gasteiger partial charge < -0.3 is 5.11 Å². The van der Waals surface area contributed by atoms with Crippen LogP contribution < -0.4 is 0 Å². The Morgan fingerprint density at radius 3 is 2.26 bits per heavy atom. The van der Waals surface area contributed by atoms with Gasteiger partial charge in [-0.15, -0.1) is 0 Å². The Bertz CT molecular complexity index is 540. The van der Waals surface area contributed by atoms with Crippen LogP contribution in [-0.4, -0.2) is 5.11 Å². The molecular formula is C17H19FO. The summed E-state index contributed by atoms with van der Waals surface area (Å²) in [5.41, 5.74) is 3.09. The summed E-state index contributed by atoms with van der Waals surface area (Å²) in [6, 6.07) is 13.1. The van der Waals surface area contributed by atoms with E-state index < -0.39 is 6.10 Å². The molecule has 0 radical (unpaired) electrons. The van der Waals surface area contributed by atoms with E-state index in [0.29, 0.717) is 5.56 Å². The third-order valence-electron chi connectivity index (χ3n) is 3.58. The zero-order valence-electron chi connectivity index (χ0n) is 11.5. The predicted molar refractivity (Wildman–Crippen MR) is 75.7 cm³/mol. The molecule has 2 aromatic rings. The van der Waals surface area contributed by atoms with Gasteiger partial charge >= 0.3 is 0 Å². The van der Waals surface area contributed by atoms with Gasteiger partial charge in [0.15, 0.2) is 0 Å². The molecule has 2 heteroatoms. The summed E-state index contributed by atoms with van der Waals surface area (Å²) in [4.78, 5) is 0. The Morgan fingerprint density at radius 1 is 1.05 bits per heavy atom.